The van der Waals surface area contributed by atoms with Gasteiger partial charge in [0.25, 0.3) is 5.56 Å². The molecule has 0 aliphatic rings. The zero-order valence-electron chi connectivity index (χ0n) is 11.2. The first kappa shape index (κ1) is 14.5. The first-order valence-electron chi connectivity index (χ1n) is 6.17. The fourth-order valence-corrected chi connectivity index (χ4v) is 1.82. The van der Waals surface area contributed by atoms with Gasteiger partial charge in [-0.1, -0.05) is 6.92 Å². The van der Waals surface area contributed by atoms with Crippen LogP contribution in [0.1, 0.15) is 25.3 Å². The van der Waals surface area contributed by atoms with Crippen molar-refractivity contribution in [3.05, 3.63) is 26.4 Å². The molecule has 6 nitrogen and oxygen atoms in total. The van der Waals surface area contributed by atoms with Crippen LogP contribution in [0.2, 0.25) is 0 Å². The van der Waals surface area contributed by atoms with Gasteiger partial charge in [0.15, 0.2) is 0 Å². The van der Waals surface area contributed by atoms with Gasteiger partial charge in [-0.2, -0.15) is 0 Å². The molecule has 0 aliphatic heterocycles. The predicted octanol–water partition coefficient (Wildman–Crippen LogP) is 0.146. The molecule has 6 heteroatoms. The Labute approximate surface area is 106 Å². The normalized spacial score (nSPS) is 11.1. The van der Waals surface area contributed by atoms with Crippen LogP contribution >= 0.6 is 0 Å². The molecule has 0 aliphatic carbocycles. The number of rotatable bonds is 6. The first-order chi connectivity index (χ1) is 8.47. The van der Waals surface area contributed by atoms with Crippen LogP contribution in [-0.4, -0.2) is 40.2 Å². The van der Waals surface area contributed by atoms with Gasteiger partial charge in [0, 0.05) is 6.54 Å². The van der Waals surface area contributed by atoms with E-state index in [-0.39, 0.29) is 11.4 Å². The van der Waals surface area contributed by atoms with Gasteiger partial charge in [-0.25, -0.2) is 4.79 Å². The largest absolute Gasteiger partial charge is 0.494 e. The van der Waals surface area contributed by atoms with Crippen LogP contribution in [0.5, 0.6) is 5.88 Å². The molecule has 0 amide bonds. The van der Waals surface area contributed by atoms with Crippen molar-refractivity contribution >= 4 is 0 Å². The number of H-pyrrole nitrogens is 1. The number of aromatic amines is 1. The van der Waals surface area contributed by atoms with Crippen molar-refractivity contribution in [2.75, 3.05) is 20.6 Å². The highest BCUT2D eigenvalue weighted by atomic mass is 16.3. The Balaban J connectivity index is 2.83. The summed E-state index contributed by atoms with van der Waals surface area (Å²) in [4.78, 5) is 27.3. The van der Waals surface area contributed by atoms with Gasteiger partial charge in [0.2, 0.25) is 5.88 Å². The summed E-state index contributed by atoms with van der Waals surface area (Å²) in [7, 11) is 3.97. The lowest BCUT2D eigenvalue weighted by atomic mass is 10.2. The Kier molecular flexibility index (Phi) is 5.15. The maximum atomic E-state index is 11.6. The summed E-state index contributed by atoms with van der Waals surface area (Å²) < 4.78 is 1.23. The molecule has 18 heavy (non-hydrogen) atoms. The number of nitrogens with one attached hydrogen (secondary N) is 1. The average Bonchev–Trinajstić information content (AvgIpc) is 2.27. The second kappa shape index (κ2) is 6.39. The summed E-state index contributed by atoms with van der Waals surface area (Å²) in [6.45, 7) is 3.12. The van der Waals surface area contributed by atoms with E-state index in [1.54, 1.807) is 6.92 Å². The van der Waals surface area contributed by atoms with Crippen molar-refractivity contribution in [3.8, 4) is 5.88 Å². The topological polar surface area (TPSA) is 78.3 Å². The molecule has 0 unspecified atom stereocenters. The lowest BCUT2D eigenvalue weighted by Gasteiger charge is -2.12. The molecule has 0 atom stereocenters. The van der Waals surface area contributed by atoms with E-state index in [1.807, 2.05) is 14.1 Å². The molecule has 0 saturated heterocycles. The summed E-state index contributed by atoms with van der Waals surface area (Å²) in [5.41, 5.74) is -0.772. The first-order valence-corrected chi connectivity index (χ1v) is 6.17. The molecule has 1 aromatic rings. The minimum Gasteiger partial charge on any atom is -0.494 e. The SMILES string of the molecule is CCc1c(O)n(CCCCN(C)C)c(=O)[nH]c1=O. The van der Waals surface area contributed by atoms with Gasteiger partial charge in [-0.15, -0.1) is 0 Å². The van der Waals surface area contributed by atoms with Crippen LogP contribution in [0.4, 0.5) is 0 Å². The molecule has 0 fully saturated rings. The fourth-order valence-electron chi connectivity index (χ4n) is 1.82. The molecule has 102 valence electrons. The van der Waals surface area contributed by atoms with Crippen LogP contribution in [0.25, 0.3) is 0 Å². The molecular formula is C12H21N3O3. The van der Waals surface area contributed by atoms with Crippen LogP contribution in [0, 0.1) is 0 Å². The van der Waals surface area contributed by atoms with Gasteiger partial charge in [0.05, 0.1) is 5.56 Å². The Bertz CT molecular complexity index is 502. The molecule has 2 N–H and O–H groups in total. The highest BCUT2D eigenvalue weighted by Crippen LogP contribution is 2.11. The lowest BCUT2D eigenvalue weighted by molar-refractivity contribution is 0.364. The fraction of sp³-hybridized carbons (Fsp3) is 0.667. The molecule has 0 saturated carbocycles. The molecule has 0 bridgehead atoms. The minimum absolute atomic E-state index is 0.198. The molecule has 1 aromatic heterocycles. The Morgan fingerprint density at radius 2 is 1.94 bits per heavy atom. The maximum Gasteiger partial charge on any atom is 0.331 e. The van der Waals surface area contributed by atoms with Gasteiger partial charge in [-0.05, 0) is 39.9 Å². The second-order valence-corrected chi connectivity index (χ2v) is 4.58. The van der Waals surface area contributed by atoms with Gasteiger partial charge < -0.3 is 10.0 Å². The Hall–Kier alpha value is -1.56. The van der Waals surface area contributed by atoms with E-state index in [1.165, 1.54) is 4.57 Å². The highest BCUT2D eigenvalue weighted by Gasteiger charge is 2.11. The van der Waals surface area contributed by atoms with Crippen molar-refractivity contribution < 1.29 is 5.11 Å². The monoisotopic (exact) mass is 255 g/mol. The molecule has 0 spiro atoms. The van der Waals surface area contributed by atoms with Crippen molar-refractivity contribution in [2.24, 2.45) is 0 Å². The second-order valence-electron chi connectivity index (χ2n) is 4.58. The number of nitrogens with zero attached hydrogens (tertiary/aromatic N) is 2. The summed E-state index contributed by atoms with van der Waals surface area (Å²) in [5.74, 6) is -0.198. The van der Waals surface area contributed by atoms with Crippen molar-refractivity contribution in [2.45, 2.75) is 32.7 Å². The Morgan fingerprint density at radius 1 is 1.28 bits per heavy atom. The number of hydrogen-bond donors (Lipinski definition) is 2. The molecule has 0 radical (unpaired) electrons. The number of aromatic nitrogens is 2. The maximum absolute atomic E-state index is 11.6. The third-order valence-corrected chi connectivity index (χ3v) is 2.86. The number of hydrogen-bond acceptors (Lipinski definition) is 4. The standard InChI is InChI=1S/C12H21N3O3/c1-4-9-10(16)13-12(18)15(11(9)17)8-6-5-7-14(2)3/h17H,4-8H2,1-3H3,(H,13,16,18). The van der Waals surface area contributed by atoms with Crippen LogP contribution in [-0.2, 0) is 13.0 Å². The van der Waals surface area contributed by atoms with E-state index in [0.717, 1.165) is 19.4 Å². The van der Waals surface area contributed by atoms with Crippen LogP contribution in [0.15, 0.2) is 9.59 Å². The van der Waals surface area contributed by atoms with E-state index in [2.05, 4.69) is 9.88 Å². The molecule has 1 rings (SSSR count). The van der Waals surface area contributed by atoms with Crippen molar-refractivity contribution in [1.29, 1.82) is 0 Å². The molecular weight excluding hydrogens is 234 g/mol. The van der Waals surface area contributed by atoms with Gasteiger partial charge in [0.1, 0.15) is 0 Å². The van der Waals surface area contributed by atoms with E-state index in [9.17, 15) is 14.7 Å². The lowest BCUT2D eigenvalue weighted by Crippen LogP contribution is -2.32. The number of unbranched alkanes of at least 4 members (excludes halogenated alkanes) is 1. The quantitative estimate of drug-likeness (QED) is 0.709. The van der Waals surface area contributed by atoms with Crippen molar-refractivity contribution in [3.63, 3.8) is 0 Å². The van der Waals surface area contributed by atoms with Crippen LogP contribution < -0.4 is 11.2 Å². The predicted molar refractivity (Wildman–Crippen MR) is 70.2 cm³/mol. The van der Waals surface area contributed by atoms with E-state index >= 15 is 0 Å². The van der Waals surface area contributed by atoms with E-state index in [0.29, 0.717) is 13.0 Å². The van der Waals surface area contributed by atoms with Gasteiger partial charge in [-0.3, -0.25) is 14.3 Å². The van der Waals surface area contributed by atoms with E-state index in [4.69, 9.17) is 0 Å². The average molecular weight is 255 g/mol. The van der Waals surface area contributed by atoms with Crippen LogP contribution in [0.3, 0.4) is 0 Å². The number of aromatic hydroxyl groups is 1. The minimum atomic E-state index is -0.542. The molecule has 1 heterocycles. The zero-order chi connectivity index (χ0) is 13.7. The highest BCUT2D eigenvalue weighted by molar-refractivity contribution is 5.22. The Morgan fingerprint density at radius 3 is 2.50 bits per heavy atom. The smallest absolute Gasteiger partial charge is 0.331 e. The zero-order valence-corrected chi connectivity index (χ0v) is 11.2. The van der Waals surface area contributed by atoms with Crippen molar-refractivity contribution in [1.82, 2.24) is 14.5 Å². The third-order valence-electron chi connectivity index (χ3n) is 2.86. The third kappa shape index (κ3) is 3.46. The summed E-state index contributed by atoms with van der Waals surface area (Å²) in [6.07, 6.45) is 2.11. The molecule has 0 aromatic carbocycles. The van der Waals surface area contributed by atoms with E-state index < -0.39 is 11.2 Å². The summed E-state index contributed by atoms with van der Waals surface area (Å²) in [6, 6.07) is 0. The summed E-state index contributed by atoms with van der Waals surface area (Å²) >= 11 is 0. The summed E-state index contributed by atoms with van der Waals surface area (Å²) in [5, 5.41) is 9.89. The van der Waals surface area contributed by atoms with Gasteiger partial charge >= 0.3 is 5.69 Å².